The lowest BCUT2D eigenvalue weighted by atomic mass is 10.1. The zero-order chi connectivity index (χ0) is 18.8. The molecule has 1 aromatic rings. The van der Waals surface area contributed by atoms with Crippen molar-refractivity contribution in [1.82, 2.24) is 5.32 Å². The summed E-state index contributed by atoms with van der Waals surface area (Å²) in [5, 5.41) is 11.9. The molecule has 1 aliphatic heterocycles. The molecule has 1 aliphatic rings. The van der Waals surface area contributed by atoms with Gasteiger partial charge in [-0.3, -0.25) is 4.79 Å². The number of nitrogens with zero attached hydrogens (tertiary/aromatic N) is 1. The van der Waals surface area contributed by atoms with E-state index >= 15 is 0 Å². The maximum absolute atomic E-state index is 12.1. The first-order valence-electron chi connectivity index (χ1n) is 8.52. The van der Waals surface area contributed by atoms with Crippen molar-refractivity contribution in [2.24, 2.45) is 0 Å². The minimum atomic E-state index is -0.439. The molecule has 7 heteroatoms. The summed E-state index contributed by atoms with van der Waals surface area (Å²) in [7, 11) is 0. The van der Waals surface area contributed by atoms with Crippen molar-refractivity contribution in [3.8, 4) is 11.8 Å². The summed E-state index contributed by atoms with van der Waals surface area (Å²) in [6.07, 6.45) is 3.43. The Hall–Kier alpha value is -2.85. The number of ether oxygens (including phenoxy) is 3. The summed E-state index contributed by atoms with van der Waals surface area (Å²) < 4.78 is 15.5. The van der Waals surface area contributed by atoms with Gasteiger partial charge in [0, 0.05) is 13.2 Å². The highest BCUT2D eigenvalue weighted by Gasteiger charge is 2.17. The van der Waals surface area contributed by atoms with Gasteiger partial charge in [-0.2, -0.15) is 5.26 Å². The second-order valence-corrected chi connectivity index (χ2v) is 5.68. The quantitative estimate of drug-likeness (QED) is 0.432. The summed E-state index contributed by atoms with van der Waals surface area (Å²) in [4.78, 5) is 23.4. The summed E-state index contributed by atoms with van der Waals surface area (Å²) in [6, 6.07) is 8.62. The van der Waals surface area contributed by atoms with Gasteiger partial charge in [0.2, 0.25) is 0 Å². The summed E-state index contributed by atoms with van der Waals surface area (Å²) in [6.45, 7) is 2.98. The van der Waals surface area contributed by atoms with Crippen molar-refractivity contribution in [2.75, 3.05) is 26.4 Å². The Morgan fingerprint density at radius 1 is 1.38 bits per heavy atom. The zero-order valence-electron chi connectivity index (χ0n) is 14.7. The molecule has 0 aliphatic carbocycles. The van der Waals surface area contributed by atoms with E-state index in [1.54, 1.807) is 31.2 Å². The molecule has 0 aromatic heterocycles. The summed E-state index contributed by atoms with van der Waals surface area (Å²) in [5.74, 6) is -0.367. The molecule has 1 saturated heterocycles. The highest BCUT2D eigenvalue weighted by Crippen LogP contribution is 2.15. The first kappa shape index (κ1) is 19.5. The predicted octanol–water partition coefficient (Wildman–Crippen LogP) is 1.83. The van der Waals surface area contributed by atoms with Crippen LogP contribution in [0.2, 0.25) is 0 Å². The second-order valence-electron chi connectivity index (χ2n) is 5.68. The van der Waals surface area contributed by atoms with Crippen molar-refractivity contribution in [3.63, 3.8) is 0 Å². The first-order valence-corrected chi connectivity index (χ1v) is 8.52. The number of hydrogen-bond acceptors (Lipinski definition) is 6. The predicted molar refractivity (Wildman–Crippen MR) is 94.1 cm³/mol. The van der Waals surface area contributed by atoms with Crippen LogP contribution in [0.1, 0.15) is 25.3 Å². The van der Waals surface area contributed by atoms with Gasteiger partial charge in [0.05, 0.1) is 12.7 Å². The van der Waals surface area contributed by atoms with E-state index in [0.717, 1.165) is 12.8 Å². The highest BCUT2D eigenvalue weighted by molar-refractivity contribution is 6.01. The molecule has 26 heavy (non-hydrogen) atoms. The molecule has 1 amide bonds. The fraction of sp³-hybridized carbons (Fsp3) is 0.421. The number of carbonyl (C=O) groups excluding carboxylic acids is 2. The molecule has 0 spiro atoms. The van der Waals surface area contributed by atoms with E-state index in [2.05, 4.69) is 5.32 Å². The normalized spacial score (nSPS) is 16.6. The number of nitriles is 1. The number of nitrogens with one attached hydrogen (secondary N) is 1. The maximum atomic E-state index is 12.1. The van der Waals surface area contributed by atoms with Crippen molar-refractivity contribution >= 4 is 18.0 Å². The third-order valence-electron chi connectivity index (χ3n) is 3.73. The fourth-order valence-electron chi connectivity index (χ4n) is 2.43. The molecular formula is C19H22N2O5. The molecule has 1 aromatic carbocycles. The van der Waals surface area contributed by atoms with E-state index in [9.17, 15) is 14.9 Å². The minimum absolute atomic E-state index is 0.0168. The summed E-state index contributed by atoms with van der Waals surface area (Å²) in [5.41, 5.74) is 0.695. The molecule has 0 unspecified atom stereocenters. The van der Waals surface area contributed by atoms with Gasteiger partial charge in [0.25, 0.3) is 5.91 Å². The molecule has 1 atom stereocenters. The van der Waals surface area contributed by atoms with Crippen LogP contribution in [-0.4, -0.2) is 44.3 Å². The molecule has 0 bridgehead atoms. The molecule has 138 valence electrons. The molecule has 1 heterocycles. The molecule has 1 N–H and O–H groups in total. The molecule has 0 saturated carbocycles. The Morgan fingerprint density at radius 3 is 2.77 bits per heavy atom. The Labute approximate surface area is 152 Å². The van der Waals surface area contributed by atoms with E-state index in [1.807, 2.05) is 6.07 Å². The summed E-state index contributed by atoms with van der Waals surface area (Å²) >= 11 is 0. The van der Waals surface area contributed by atoms with E-state index in [1.165, 1.54) is 6.08 Å². The Kier molecular flexibility index (Phi) is 7.65. The minimum Gasteiger partial charge on any atom is -0.482 e. The van der Waals surface area contributed by atoms with Gasteiger partial charge in [0.15, 0.2) is 6.61 Å². The number of hydrogen-bond donors (Lipinski definition) is 1. The number of rotatable bonds is 8. The van der Waals surface area contributed by atoms with Crippen LogP contribution in [0, 0.1) is 11.3 Å². The lowest BCUT2D eigenvalue weighted by molar-refractivity contribution is -0.145. The van der Waals surface area contributed by atoms with Crippen LogP contribution in [0.4, 0.5) is 0 Å². The van der Waals surface area contributed by atoms with Crippen LogP contribution >= 0.6 is 0 Å². The van der Waals surface area contributed by atoms with Crippen LogP contribution in [0.15, 0.2) is 29.8 Å². The fourth-order valence-corrected chi connectivity index (χ4v) is 2.43. The third kappa shape index (κ3) is 6.22. The maximum Gasteiger partial charge on any atom is 0.344 e. The van der Waals surface area contributed by atoms with Crippen molar-refractivity contribution in [1.29, 1.82) is 5.26 Å². The third-order valence-corrected chi connectivity index (χ3v) is 3.73. The van der Waals surface area contributed by atoms with Crippen molar-refractivity contribution in [2.45, 2.75) is 25.9 Å². The number of esters is 1. The Balaban J connectivity index is 1.89. The van der Waals surface area contributed by atoms with Crippen LogP contribution in [0.3, 0.4) is 0 Å². The van der Waals surface area contributed by atoms with Gasteiger partial charge in [-0.15, -0.1) is 0 Å². The van der Waals surface area contributed by atoms with Gasteiger partial charge < -0.3 is 19.5 Å². The molecule has 2 rings (SSSR count). The SMILES string of the molecule is CCOC(=O)COc1ccc(/C=C(\C#N)C(=O)NC[C@H]2CCCO2)cc1. The zero-order valence-corrected chi connectivity index (χ0v) is 14.7. The Bertz CT molecular complexity index is 685. The molecule has 0 radical (unpaired) electrons. The van der Waals surface area contributed by atoms with Crippen LogP contribution < -0.4 is 10.1 Å². The van der Waals surface area contributed by atoms with Crippen molar-refractivity contribution < 1.29 is 23.8 Å². The van der Waals surface area contributed by atoms with Gasteiger partial charge in [-0.05, 0) is 43.5 Å². The topological polar surface area (TPSA) is 97.7 Å². The number of benzene rings is 1. The highest BCUT2D eigenvalue weighted by atomic mass is 16.6. The van der Waals surface area contributed by atoms with Gasteiger partial charge >= 0.3 is 5.97 Å². The van der Waals surface area contributed by atoms with E-state index in [-0.39, 0.29) is 18.3 Å². The smallest absolute Gasteiger partial charge is 0.344 e. The standard InChI is InChI=1S/C19H22N2O5/c1-2-24-18(22)13-26-16-7-5-14(6-8-16)10-15(11-20)19(23)21-12-17-4-3-9-25-17/h5-8,10,17H,2-4,9,12-13H2,1H3,(H,21,23)/b15-10+/t17-/m1/s1. The van der Waals surface area contributed by atoms with Crippen LogP contribution in [0.5, 0.6) is 5.75 Å². The number of carbonyl (C=O) groups is 2. The van der Waals surface area contributed by atoms with E-state index in [4.69, 9.17) is 14.2 Å². The van der Waals surface area contributed by atoms with Gasteiger partial charge in [0.1, 0.15) is 17.4 Å². The average molecular weight is 358 g/mol. The number of amides is 1. The molecule has 1 fully saturated rings. The lowest BCUT2D eigenvalue weighted by Gasteiger charge is -2.10. The molecular weight excluding hydrogens is 336 g/mol. The lowest BCUT2D eigenvalue weighted by Crippen LogP contribution is -2.32. The van der Waals surface area contributed by atoms with Crippen LogP contribution in [0.25, 0.3) is 6.08 Å². The average Bonchev–Trinajstić information content (AvgIpc) is 3.17. The van der Waals surface area contributed by atoms with E-state index in [0.29, 0.717) is 31.1 Å². The second kappa shape index (κ2) is 10.2. The largest absolute Gasteiger partial charge is 0.482 e. The molecule has 7 nitrogen and oxygen atoms in total. The van der Waals surface area contributed by atoms with E-state index < -0.39 is 11.9 Å². The van der Waals surface area contributed by atoms with Gasteiger partial charge in [-0.25, -0.2) is 4.79 Å². The monoisotopic (exact) mass is 358 g/mol. The van der Waals surface area contributed by atoms with Gasteiger partial charge in [-0.1, -0.05) is 12.1 Å². The van der Waals surface area contributed by atoms with Crippen LogP contribution in [-0.2, 0) is 19.1 Å². The van der Waals surface area contributed by atoms with Crippen molar-refractivity contribution in [3.05, 3.63) is 35.4 Å². The first-order chi connectivity index (χ1) is 12.6. The Morgan fingerprint density at radius 2 is 2.15 bits per heavy atom.